The maximum atomic E-state index is 12.8. The molecule has 0 saturated carbocycles. The third-order valence-electron chi connectivity index (χ3n) is 3.80. The Bertz CT molecular complexity index is 454. The minimum atomic E-state index is -4.40. The van der Waals surface area contributed by atoms with Gasteiger partial charge in [-0.25, -0.2) is 4.98 Å². The molecule has 0 amide bonds. The van der Waals surface area contributed by atoms with Gasteiger partial charge in [-0.1, -0.05) is 6.07 Å². The highest BCUT2D eigenvalue weighted by molar-refractivity contribution is 5.40. The first-order chi connectivity index (χ1) is 9.88. The molecule has 3 nitrogen and oxygen atoms in total. The monoisotopic (exact) mass is 301 g/mol. The molecule has 0 radical (unpaired) electrons. The fourth-order valence-electron chi connectivity index (χ4n) is 2.67. The lowest BCUT2D eigenvalue weighted by atomic mass is 9.98. The molecular weight excluding hydrogens is 279 g/mol. The lowest BCUT2D eigenvalue weighted by Crippen LogP contribution is -2.41. The van der Waals surface area contributed by atoms with Gasteiger partial charge in [-0.05, 0) is 57.8 Å². The van der Waals surface area contributed by atoms with Crippen LogP contribution in [0.25, 0.3) is 0 Å². The SMILES string of the molecule is CC(C)N(CC1CCCNC1)c1cccc(C(F)(F)F)n1. The van der Waals surface area contributed by atoms with Crippen LogP contribution in [0.3, 0.4) is 0 Å². The van der Waals surface area contributed by atoms with Gasteiger partial charge in [0, 0.05) is 12.6 Å². The van der Waals surface area contributed by atoms with E-state index in [9.17, 15) is 13.2 Å². The molecule has 0 aliphatic carbocycles. The van der Waals surface area contributed by atoms with E-state index in [2.05, 4.69) is 10.3 Å². The quantitative estimate of drug-likeness (QED) is 0.925. The number of aromatic nitrogens is 1. The highest BCUT2D eigenvalue weighted by Crippen LogP contribution is 2.29. The molecule has 1 aromatic heterocycles. The fraction of sp³-hybridized carbons (Fsp3) is 0.667. The molecule has 2 heterocycles. The van der Waals surface area contributed by atoms with Crippen molar-refractivity contribution in [2.45, 2.75) is 38.9 Å². The molecule has 1 aromatic rings. The molecule has 1 saturated heterocycles. The second-order valence-corrected chi connectivity index (χ2v) is 5.84. The van der Waals surface area contributed by atoms with Crippen LogP contribution in [0.1, 0.15) is 32.4 Å². The van der Waals surface area contributed by atoms with E-state index < -0.39 is 11.9 Å². The van der Waals surface area contributed by atoms with Gasteiger partial charge < -0.3 is 10.2 Å². The molecule has 0 aromatic carbocycles. The standard InChI is InChI=1S/C15H22F3N3/c1-11(2)21(10-12-5-4-8-19-9-12)14-7-3-6-13(20-14)15(16,17)18/h3,6-7,11-12,19H,4-5,8-10H2,1-2H3. The van der Waals surface area contributed by atoms with Crippen LogP contribution in [-0.2, 0) is 6.18 Å². The van der Waals surface area contributed by atoms with Crippen molar-refractivity contribution in [1.29, 1.82) is 0 Å². The first-order valence-electron chi connectivity index (χ1n) is 7.39. The summed E-state index contributed by atoms with van der Waals surface area (Å²) in [4.78, 5) is 5.78. The minimum absolute atomic E-state index is 0.114. The third kappa shape index (κ3) is 4.33. The summed E-state index contributed by atoms with van der Waals surface area (Å²) in [6, 6.07) is 4.22. The van der Waals surface area contributed by atoms with Gasteiger partial charge in [-0.3, -0.25) is 0 Å². The van der Waals surface area contributed by atoms with E-state index >= 15 is 0 Å². The zero-order valence-electron chi connectivity index (χ0n) is 12.5. The summed E-state index contributed by atoms with van der Waals surface area (Å²) in [7, 11) is 0. The lowest BCUT2D eigenvalue weighted by Gasteiger charge is -2.34. The maximum absolute atomic E-state index is 12.8. The van der Waals surface area contributed by atoms with E-state index in [0.29, 0.717) is 11.7 Å². The molecular formula is C15H22F3N3. The second kappa shape index (κ2) is 6.64. The molecule has 0 bridgehead atoms. The van der Waals surface area contributed by atoms with Crippen molar-refractivity contribution in [2.75, 3.05) is 24.5 Å². The second-order valence-electron chi connectivity index (χ2n) is 5.84. The predicted octanol–water partition coefficient (Wildman–Crippen LogP) is 3.31. The van der Waals surface area contributed by atoms with Crippen molar-refractivity contribution >= 4 is 5.82 Å². The van der Waals surface area contributed by atoms with E-state index in [1.54, 1.807) is 6.07 Å². The van der Waals surface area contributed by atoms with Gasteiger partial charge in [0.15, 0.2) is 0 Å². The number of anilines is 1. The Morgan fingerprint density at radius 2 is 2.14 bits per heavy atom. The van der Waals surface area contributed by atoms with E-state index in [1.807, 2.05) is 18.7 Å². The van der Waals surface area contributed by atoms with Crippen molar-refractivity contribution in [1.82, 2.24) is 10.3 Å². The van der Waals surface area contributed by atoms with E-state index in [1.165, 1.54) is 6.07 Å². The van der Waals surface area contributed by atoms with Gasteiger partial charge in [0.25, 0.3) is 0 Å². The topological polar surface area (TPSA) is 28.2 Å². The Morgan fingerprint density at radius 1 is 1.38 bits per heavy atom. The summed E-state index contributed by atoms with van der Waals surface area (Å²) in [5.41, 5.74) is -0.826. The van der Waals surface area contributed by atoms with Crippen LogP contribution in [-0.4, -0.2) is 30.7 Å². The fourth-order valence-corrected chi connectivity index (χ4v) is 2.67. The maximum Gasteiger partial charge on any atom is 0.433 e. The summed E-state index contributed by atoms with van der Waals surface area (Å²) in [6.07, 6.45) is -2.17. The van der Waals surface area contributed by atoms with Gasteiger partial charge in [-0.15, -0.1) is 0 Å². The summed E-state index contributed by atoms with van der Waals surface area (Å²) in [6.45, 7) is 6.65. The van der Waals surface area contributed by atoms with Gasteiger partial charge in [0.05, 0.1) is 0 Å². The Hall–Kier alpha value is -1.30. The minimum Gasteiger partial charge on any atom is -0.354 e. The molecule has 0 spiro atoms. The Balaban J connectivity index is 2.17. The van der Waals surface area contributed by atoms with Crippen LogP contribution in [0.15, 0.2) is 18.2 Å². The number of pyridine rings is 1. The zero-order chi connectivity index (χ0) is 15.5. The third-order valence-corrected chi connectivity index (χ3v) is 3.80. The molecule has 1 unspecified atom stereocenters. The molecule has 1 aliphatic rings. The molecule has 1 fully saturated rings. The molecule has 2 rings (SSSR count). The summed E-state index contributed by atoms with van der Waals surface area (Å²) in [5.74, 6) is 0.864. The van der Waals surface area contributed by atoms with Crippen molar-refractivity contribution in [3.8, 4) is 0 Å². The average Bonchev–Trinajstić information content (AvgIpc) is 2.45. The normalized spacial score (nSPS) is 19.8. The number of alkyl halides is 3. The summed E-state index contributed by atoms with van der Waals surface area (Å²) < 4.78 is 38.4. The van der Waals surface area contributed by atoms with Crippen LogP contribution in [0.2, 0.25) is 0 Å². The number of rotatable bonds is 4. The average molecular weight is 301 g/mol. The van der Waals surface area contributed by atoms with Crippen LogP contribution >= 0.6 is 0 Å². The first kappa shape index (κ1) is 16.1. The summed E-state index contributed by atoms with van der Waals surface area (Å²) in [5, 5.41) is 3.34. The van der Waals surface area contributed by atoms with Crippen LogP contribution in [0.4, 0.5) is 19.0 Å². The smallest absolute Gasteiger partial charge is 0.354 e. The van der Waals surface area contributed by atoms with Gasteiger partial charge in [-0.2, -0.15) is 13.2 Å². The first-order valence-corrected chi connectivity index (χ1v) is 7.39. The number of nitrogens with zero attached hydrogens (tertiary/aromatic N) is 2. The van der Waals surface area contributed by atoms with Crippen LogP contribution < -0.4 is 10.2 Å². The number of hydrogen-bond donors (Lipinski definition) is 1. The van der Waals surface area contributed by atoms with E-state index in [-0.39, 0.29) is 6.04 Å². The van der Waals surface area contributed by atoms with Crippen molar-refractivity contribution in [3.63, 3.8) is 0 Å². The predicted molar refractivity (Wildman–Crippen MR) is 77.3 cm³/mol. The largest absolute Gasteiger partial charge is 0.433 e. The highest BCUT2D eigenvalue weighted by Gasteiger charge is 2.33. The van der Waals surface area contributed by atoms with Crippen LogP contribution in [0, 0.1) is 5.92 Å². The van der Waals surface area contributed by atoms with E-state index in [4.69, 9.17) is 0 Å². The molecule has 6 heteroatoms. The number of nitrogens with one attached hydrogen (secondary N) is 1. The molecule has 1 atom stereocenters. The molecule has 1 N–H and O–H groups in total. The van der Waals surface area contributed by atoms with Gasteiger partial charge in [0.2, 0.25) is 0 Å². The number of hydrogen-bond acceptors (Lipinski definition) is 3. The van der Waals surface area contributed by atoms with Crippen molar-refractivity contribution in [3.05, 3.63) is 23.9 Å². The van der Waals surface area contributed by atoms with E-state index in [0.717, 1.165) is 38.5 Å². The Labute approximate surface area is 123 Å². The Kier molecular flexibility index (Phi) is 5.08. The number of piperidine rings is 1. The lowest BCUT2D eigenvalue weighted by molar-refractivity contribution is -0.141. The van der Waals surface area contributed by atoms with Gasteiger partial charge >= 0.3 is 6.18 Å². The Morgan fingerprint density at radius 3 is 2.71 bits per heavy atom. The van der Waals surface area contributed by atoms with Crippen molar-refractivity contribution in [2.24, 2.45) is 5.92 Å². The zero-order valence-corrected chi connectivity index (χ0v) is 12.5. The summed E-state index contributed by atoms with van der Waals surface area (Å²) >= 11 is 0. The van der Waals surface area contributed by atoms with Gasteiger partial charge in [0.1, 0.15) is 11.5 Å². The number of halogens is 3. The molecule has 1 aliphatic heterocycles. The van der Waals surface area contributed by atoms with Crippen molar-refractivity contribution < 1.29 is 13.2 Å². The van der Waals surface area contributed by atoms with Crippen LogP contribution in [0.5, 0.6) is 0 Å². The molecule has 118 valence electrons. The molecule has 21 heavy (non-hydrogen) atoms. The highest BCUT2D eigenvalue weighted by atomic mass is 19.4.